The van der Waals surface area contributed by atoms with Crippen molar-refractivity contribution < 1.29 is 37.1 Å². The molecule has 1 fully saturated rings. The summed E-state index contributed by atoms with van der Waals surface area (Å²) in [6, 6.07) is 4.53. The van der Waals surface area contributed by atoms with E-state index in [-0.39, 0.29) is 60.1 Å². The van der Waals surface area contributed by atoms with E-state index >= 15 is 0 Å². The maximum Gasteiger partial charge on any atom is 0.245 e. The van der Waals surface area contributed by atoms with Gasteiger partial charge in [-0.3, -0.25) is 24.1 Å². The maximum absolute atomic E-state index is 14.3. The monoisotopic (exact) mass is 838 g/mol. The molecule has 1 aromatic rings. The number of carbonyl (C=O) groups excluding carboxylic acids is 4. The SMILES string of the molecule is CC[C@H](C)[C@@H]([C@@H](CC(=O)N1CCC[C@H]1[C@H](OC)[C@@H](C)C(=O)NC(CNCc1ccc(N)cc1)CS(C)(=O)=O)OC)N(C)C(=O)[C@@H](NC(=O)[C@H](C(C)C)N(C)C)C(C)C. The molecule has 2 rings (SSSR count). The fourth-order valence-electron chi connectivity index (χ4n) is 8.29. The zero-order valence-electron chi connectivity index (χ0n) is 37.4. The highest BCUT2D eigenvalue weighted by atomic mass is 32.2. The van der Waals surface area contributed by atoms with Crippen molar-refractivity contribution in [3.8, 4) is 0 Å². The van der Waals surface area contributed by atoms with Crippen LogP contribution in [0.5, 0.6) is 0 Å². The lowest BCUT2D eigenvalue weighted by molar-refractivity contribution is -0.148. The van der Waals surface area contributed by atoms with Gasteiger partial charge >= 0.3 is 0 Å². The van der Waals surface area contributed by atoms with E-state index in [0.29, 0.717) is 38.0 Å². The van der Waals surface area contributed by atoms with Gasteiger partial charge < -0.3 is 41.0 Å². The number of nitrogen functional groups attached to an aromatic ring is 1. The molecule has 0 spiro atoms. The third kappa shape index (κ3) is 14.8. The largest absolute Gasteiger partial charge is 0.399 e. The highest BCUT2D eigenvalue weighted by molar-refractivity contribution is 7.90. The Kier molecular flexibility index (Phi) is 20.6. The number of nitrogens with one attached hydrogen (secondary N) is 3. The number of benzene rings is 1. The van der Waals surface area contributed by atoms with Crippen molar-refractivity contribution in [1.29, 1.82) is 0 Å². The first-order valence-electron chi connectivity index (χ1n) is 20.7. The Morgan fingerprint density at radius 1 is 0.931 bits per heavy atom. The van der Waals surface area contributed by atoms with E-state index < -0.39 is 58.2 Å². The molecule has 5 N–H and O–H groups in total. The van der Waals surface area contributed by atoms with Crippen LogP contribution >= 0.6 is 0 Å². The summed E-state index contributed by atoms with van der Waals surface area (Å²) >= 11 is 0. The fraction of sp³-hybridized carbons (Fsp3) is 0.762. The average Bonchev–Trinajstić information content (AvgIpc) is 3.62. The van der Waals surface area contributed by atoms with Crippen LogP contribution in [-0.4, -0.2) is 150 Å². The molecule has 0 bridgehead atoms. The van der Waals surface area contributed by atoms with Crippen LogP contribution in [0.15, 0.2) is 24.3 Å². The number of amides is 4. The summed E-state index contributed by atoms with van der Waals surface area (Å²) in [5.41, 5.74) is 7.40. The molecule has 0 aromatic heterocycles. The zero-order chi connectivity index (χ0) is 44.1. The van der Waals surface area contributed by atoms with E-state index in [4.69, 9.17) is 15.2 Å². The quantitative estimate of drug-likeness (QED) is 0.112. The lowest BCUT2D eigenvalue weighted by atomic mass is 9.89. The second kappa shape index (κ2) is 23.5. The molecule has 332 valence electrons. The van der Waals surface area contributed by atoms with Crippen LogP contribution in [-0.2, 0) is 45.0 Å². The highest BCUT2D eigenvalue weighted by Crippen LogP contribution is 2.30. The fourth-order valence-corrected chi connectivity index (χ4v) is 9.22. The van der Waals surface area contributed by atoms with Crippen molar-refractivity contribution in [3.63, 3.8) is 0 Å². The van der Waals surface area contributed by atoms with Gasteiger partial charge in [-0.05, 0) is 62.4 Å². The van der Waals surface area contributed by atoms with Gasteiger partial charge in [0.1, 0.15) is 15.9 Å². The molecule has 0 aliphatic carbocycles. The third-order valence-corrected chi connectivity index (χ3v) is 12.5. The van der Waals surface area contributed by atoms with Crippen molar-refractivity contribution in [2.24, 2.45) is 23.7 Å². The molecule has 1 unspecified atom stereocenters. The summed E-state index contributed by atoms with van der Waals surface area (Å²) in [4.78, 5) is 61.0. The van der Waals surface area contributed by atoms with Crippen LogP contribution in [0.3, 0.4) is 0 Å². The van der Waals surface area contributed by atoms with Crippen molar-refractivity contribution >= 4 is 39.2 Å². The topological polar surface area (TPSA) is 193 Å². The molecule has 0 radical (unpaired) electrons. The van der Waals surface area contributed by atoms with Gasteiger partial charge in [-0.25, -0.2) is 8.42 Å². The lowest BCUT2D eigenvalue weighted by Gasteiger charge is -2.41. The first-order valence-corrected chi connectivity index (χ1v) is 22.8. The minimum Gasteiger partial charge on any atom is -0.399 e. The van der Waals surface area contributed by atoms with E-state index in [1.54, 1.807) is 43.0 Å². The van der Waals surface area contributed by atoms with Crippen LogP contribution in [0.1, 0.15) is 79.7 Å². The van der Waals surface area contributed by atoms with Crippen molar-refractivity contribution in [2.45, 2.75) is 123 Å². The molecule has 16 heteroatoms. The number of likely N-dealkylation sites (N-methyl/N-ethyl adjacent to an activating group) is 2. The van der Waals surface area contributed by atoms with E-state index in [1.807, 2.05) is 72.7 Å². The Bertz CT molecular complexity index is 1570. The Morgan fingerprint density at radius 2 is 1.55 bits per heavy atom. The van der Waals surface area contributed by atoms with E-state index in [2.05, 4.69) is 16.0 Å². The van der Waals surface area contributed by atoms with Gasteiger partial charge in [-0.15, -0.1) is 0 Å². The van der Waals surface area contributed by atoms with Crippen molar-refractivity contribution in [2.75, 3.05) is 66.2 Å². The normalized spacial score (nSPS) is 19.0. The molecule has 1 heterocycles. The van der Waals surface area contributed by atoms with Crippen LogP contribution in [0.4, 0.5) is 5.69 Å². The second-order valence-corrected chi connectivity index (χ2v) is 19.3. The molecule has 1 saturated heterocycles. The minimum atomic E-state index is -3.43. The number of nitrogens with two attached hydrogens (primary N) is 1. The van der Waals surface area contributed by atoms with Gasteiger partial charge in [0, 0.05) is 52.8 Å². The second-order valence-electron chi connectivity index (χ2n) is 17.1. The van der Waals surface area contributed by atoms with Crippen LogP contribution < -0.4 is 21.7 Å². The molecule has 1 aromatic carbocycles. The summed E-state index contributed by atoms with van der Waals surface area (Å²) in [5, 5.41) is 9.19. The summed E-state index contributed by atoms with van der Waals surface area (Å²) < 4.78 is 36.7. The third-order valence-electron chi connectivity index (χ3n) is 11.5. The maximum atomic E-state index is 14.3. The average molecular weight is 838 g/mol. The van der Waals surface area contributed by atoms with Gasteiger partial charge in [0.15, 0.2) is 0 Å². The number of carbonyl (C=O) groups is 4. The van der Waals surface area contributed by atoms with Crippen LogP contribution in [0, 0.1) is 23.7 Å². The molecular formula is C42H75N7O8S. The number of methoxy groups -OCH3 is 2. The number of anilines is 1. The van der Waals surface area contributed by atoms with Gasteiger partial charge in [0.25, 0.3) is 0 Å². The minimum absolute atomic E-state index is 0.0124. The summed E-state index contributed by atoms with van der Waals surface area (Å²) in [7, 11) is 5.03. The Labute approximate surface area is 348 Å². The number of sulfone groups is 1. The number of ether oxygens (including phenoxy) is 2. The lowest BCUT2D eigenvalue weighted by Crippen LogP contribution is -2.59. The Morgan fingerprint density at radius 3 is 2.05 bits per heavy atom. The summed E-state index contributed by atoms with van der Waals surface area (Å²) in [5.74, 6) is -2.22. The number of nitrogens with zero attached hydrogens (tertiary/aromatic N) is 3. The molecule has 1 aliphatic rings. The number of likely N-dealkylation sites (tertiary alicyclic amines) is 1. The first-order chi connectivity index (χ1) is 27.1. The van der Waals surface area contributed by atoms with Crippen molar-refractivity contribution in [1.82, 2.24) is 30.7 Å². The number of hydrogen-bond donors (Lipinski definition) is 4. The van der Waals surface area contributed by atoms with Gasteiger partial charge in [0.05, 0.1) is 54.5 Å². The highest BCUT2D eigenvalue weighted by Gasteiger charge is 2.43. The zero-order valence-corrected chi connectivity index (χ0v) is 38.2. The van der Waals surface area contributed by atoms with Gasteiger partial charge in [-0.2, -0.15) is 0 Å². The standard InChI is InChI=1S/C42H75N7O8S/c1-14-28(6)38(48(10)42(53)36(26(2)3)46-41(52)37(27(4)5)47(8)9)34(56-11)22-35(50)49-21-15-16-33(49)39(57-12)29(7)40(51)45-32(25-58(13,54)55)24-44-23-30-17-19-31(43)20-18-30/h17-20,26-29,32-34,36-39,44H,14-16,21-25,43H2,1-13H3,(H,45,51)(H,46,52)/t28-,29+,32?,33-,34+,36-,37-,38-,39+/m0/s1. The molecule has 1 aliphatic heterocycles. The summed E-state index contributed by atoms with van der Waals surface area (Å²) in [6.07, 6.45) is 1.83. The van der Waals surface area contributed by atoms with E-state index in [9.17, 15) is 27.6 Å². The molecular weight excluding hydrogens is 763 g/mol. The van der Waals surface area contributed by atoms with Gasteiger partial charge in [-0.1, -0.05) is 67.0 Å². The molecule has 58 heavy (non-hydrogen) atoms. The molecule has 9 atom stereocenters. The molecule has 0 saturated carbocycles. The van der Waals surface area contributed by atoms with E-state index in [0.717, 1.165) is 11.8 Å². The predicted octanol–water partition coefficient (Wildman–Crippen LogP) is 2.54. The molecule has 15 nitrogen and oxygen atoms in total. The van der Waals surface area contributed by atoms with E-state index in [1.165, 1.54) is 7.11 Å². The Balaban J connectivity index is 2.26. The number of hydrogen-bond acceptors (Lipinski definition) is 11. The number of rotatable bonds is 24. The Hall–Kier alpha value is -3.31. The van der Waals surface area contributed by atoms with Crippen molar-refractivity contribution in [3.05, 3.63) is 29.8 Å². The van der Waals surface area contributed by atoms with Gasteiger partial charge in [0.2, 0.25) is 23.6 Å². The van der Waals surface area contributed by atoms with Crippen LogP contribution in [0.2, 0.25) is 0 Å². The first kappa shape index (κ1) is 50.8. The smallest absolute Gasteiger partial charge is 0.245 e. The summed E-state index contributed by atoms with van der Waals surface area (Å²) in [6.45, 7) is 14.7. The molecule has 4 amide bonds. The predicted molar refractivity (Wildman–Crippen MR) is 229 cm³/mol. The van der Waals surface area contributed by atoms with Crippen LogP contribution in [0.25, 0.3) is 0 Å².